The minimum Gasteiger partial charge on any atom is -0.338 e. The van der Waals surface area contributed by atoms with Crippen LogP contribution < -0.4 is 0 Å². The lowest BCUT2D eigenvalue weighted by Gasteiger charge is -2.00. The van der Waals surface area contributed by atoms with E-state index in [2.05, 4.69) is 32.1 Å². The molecule has 0 fully saturated rings. The van der Waals surface area contributed by atoms with Crippen molar-refractivity contribution in [1.82, 2.24) is 19.9 Å². The Kier molecular flexibility index (Phi) is 2.46. The predicted molar refractivity (Wildman–Crippen MR) is 92.1 cm³/mol. The third-order valence-corrected chi connectivity index (χ3v) is 4.03. The highest BCUT2D eigenvalue weighted by Gasteiger charge is 2.08. The van der Waals surface area contributed by atoms with Gasteiger partial charge in [0.15, 0.2) is 5.65 Å². The van der Waals surface area contributed by atoms with E-state index in [1.54, 1.807) is 0 Å². The SMILES string of the molecule is c1ccc2ncc(-c3cc4nc5ccccc5nc4[nH]3)cc2c1. The number of rotatable bonds is 1. The number of pyridine rings is 1. The molecule has 3 aromatic heterocycles. The highest BCUT2D eigenvalue weighted by molar-refractivity contribution is 5.89. The number of aromatic amines is 1. The normalized spacial score (nSPS) is 11.5. The first-order chi connectivity index (χ1) is 11.4. The zero-order valence-electron chi connectivity index (χ0n) is 12.2. The van der Waals surface area contributed by atoms with Gasteiger partial charge >= 0.3 is 0 Å². The maximum atomic E-state index is 4.67. The first-order valence-electron chi connectivity index (χ1n) is 7.47. The van der Waals surface area contributed by atoms with Gasteiger partial charge in [0.25, 0.3) is 0 Å². The van der Waals surface area contributed by atoms with Gasteiger partial charge in [-0.15, -0.1) is 0 Å². The Morgan fingerprint density at radius 1 is 0.696 bits per heavy atom. The van der Waals surface area contributed by atoms with Crippen molar-refractivity contribution >= 4 is 33.1 Å². The van der Waals surface area contributed by atoms with E-state index >= 15 is 0 Å². The summed E-state index contributed by atoms with van der Waals surface area (Å²) in [5.41, 5.74) is 6.47. The van der Waals surface area contributed by atoms with E-state index in [4.69, 9.17) is 0 Å². The molecule has 0 spiro atoms. The maximum Gasteiger partial charge on any atom is 0.157 e. The number of H-pyrrole nitrogens is 1. The second-order valence-corrected chi connectivity index (χ2v) is 5.55. The third kappa shape index (κ3) is 1.96. The van der Waals surface area contributed by atoms with Crippen LogP contribution in [0.3, 0.4) is 0 Å². The summed E-state index contributed by atoms with van der Waals surface area (Å²) in [7, 11) is 0. The van der Waals surface area contributed by atoms with Gasteiger partial charge in [0.1, 0.15) is 5.52 Å². The van der Waals surface area contributed by atoms with E-state index in [9.17, 15) is 0 Å². The largest absolute Gasteiger partial charge is 0.338 e. The summed E-state index contributed by atoms with van der Waals surface area (Å²) in [6, 6.07) is 20.2. The van der Waals surface area contributed by atoms with Crippen LogP contribution in [0.4, 0.5) is 0 Å². The van der Waals surface area contributed by atoms with Crippen molar-refractivity contribution in [2.75, 3.05) is 0 Å². The lowest BCUT2D eigenvalue weighted by Crippen LogP contribution is -1.84. The van der Waals surface area contributed by atoms with E-state index in [-0.39, 0.29) is 0 Å². The van der Waals surface area contributed by atoms with Gasteiger partial charge in [0.05, 0.1) is 22.2 Å². The molecule has 0 amide bonds. The fourth-order valence-electron chi connectivity index (χ4n) is 2.88. The molecule has 0 saturated heterocycles. The first-order valence-corrected chi connectivity index (χ1v) is 7.47. The van der Waals surface area contributed by atoms with E-state index < -0.39 is 0 Å². The van der Waals surface area contributed by atoms with Gasteiger partial charge in [0, 0.05) is 17.1 Å². The summed E-state index contributed by atoms with van der Waals surface area (Å²) in [6.07, 6.45) is 1.88. The number of para-hydroxylation sites is 3. The first kappa shape index (κ1) is 12.3. The van der Waals surface area contributed by atoms with Crippen molar-refractivity contribution in [2.24, 2.45) is 0 Å². The van der Waals surface area contributed by atoms with Crippen LogP contribution in [-0.4, -0.2) is 19.9 Å². The smallest absolute Gasteiger partial charge is 0.157 e. The average Bonchev–Trinajstić information content (AvgIpc) is 3.02. The Bertz CT molecular complexity index is 1120. The van der Waals surface area contributed by atoms with Crippen molar-refractivity contribution < 1.29 is 0 Å². The van der Waals surface area contributed by atoms with Gasteiger partial charge in [-0.3, -0.25) is 4.98 Å². The van der Waals surface area contributed by atoms with Crippen LogP contribution in [0, 0.1) is 0 Å². The zero-order chi connectivity index (χ0) is 15.2. The molecule has 0 unspecified atom stereocenters. The summed E-state index contributed by atoms with van der Waals surface area (Å²) in [5.74, 6) is 0. The lowest BCUT2D eigenvalue weighted by molar-refractivity contribution is 1.33. The number of hydrogen-bond donors (Lipinski definition) is 1. The molecule has 0 saturated carbocycles. The summed E-state index contributed by atoms with van der Waals surface area (Å²) in [5, 5.41) is 1.12. The van der Waals surface area contributed by atoms with Gasteiger partial charge in [-0.05, 0) is 30.3 Å². The van der Waals surface area contributed by atoms with Gasteiger partial charge in [-0.25, -0.2) is 9.97 Å². The lowest BCUT2D eigenvalue weighted by atomic mass is 10.1. The Labute approximate surface area is 131 Å². The van der Waals surface area contributed by atoms with Crippen LogP contribution in [0.5, 0.6) is 0 Å². The van der Waals surface area contributed by atoms with Gasteiger partial charge < -0.3 is 4.98 Å². The topological polar surface area (TPSA) is 54.5 Å². The maximum absolute atomic E-state index is 4.67. The number of aromatic nitrogens is 4. The molecule has 108 valence electrons. The minimum atomic E-state index is 0.798. The molecule has 1 N–H and O–H groups in total. The summed E-state index contributed by atoms with van der Waals surface area (Å²) >= 11 is 0. The fourth-order valence-corrected chi connectivity index (χ4v) is 2.88. The van der Waals surface area contributed by atoms with Crippen LogP contribution in [0.15, 0.2) is 66.9 Å². The van der Waals surface area contributed by atoms with Crippen molar-refractivity contribution in [2.45, 2.75) is 0 Å². The molecule has 5 aromatic rings. The third-order valence-electron chi connectivity index (χ3n) is 4.03. The molecular weight excluding hydrogens is 284 g/mol. The van der Waals surface area contributed by atoms with Crippen molar-refractivity contribution in [3.63, 3.8) is 0 Å². The van der Waals surface area contributed by atoms with Crippen molar-refractivity contribution in [1.29, 1.82) is 0 Å². The predicted octanol–water partition coefficient (Wildman–Crippen LogP) is 4.33. The highest BCUT2D eigenvalue weighted by Crippen LogP contribution is 2.25. The molecule has 4 heteroatoms. The molecule has 0 aliphatic rings. The zero-order valence-corrected chi connectivity index (χ0v) is 12.2. The number of hydrogen-bond acceptors (Lipinski definition) is 3. The molecular formula is C19H12N4. The van der Waals surface area contributed by atoms with Crippen LogP contribution in [0.1, 0.15) is 0 Å². The van der Waals surface area contributed by atoms with Crippen LogP contribution >= 0.6 is 0 Å². The van der Waals surface area contributed by atoms with Crippen molar-refractivity contribution in [3.8, 4) is 11.3 Å². The Morgan fingerprint density at radius 3 is 2.30 bits per heavy atom. The van der Waals surface area contributed by atoms with E-state index in [0.717, 1.165) is 44.4 Å². The quantitative estimate of drug-likeness (QED) is 0.501. The molecule has 0 radical (unpaired) electrons. The molecule has 0 aliphatic heterocycles. The fraction of sp³-hybridized carbons (Fsp3) is 0. The number of benzene rings is 2. The molecule has 23 heavy (non-hydrogen) atoms. The molecule has 2 aromatic carbocycles. The molecule has 0 atom stereocenters. The van der Waals surface area contributed by atoms with E-state index in [1.807, 2.05) is 54.7 Å². The monoisotopic (exact) mass is 296 g/mol. The summed E-state index contributed by atoms with van der Waals surface area (Å²) in [4.78, 5) is 17.2. The summed E-state index contributed by atoms with van der Waals surface area (Å²) < 4.78 is 0. The second-order valence-electron chi connectivity index (χ2n) is 5.55. The second kappa shape index (κ2) is 4.61. The Morgan fingerprint density at radius 2 is 1.43 bits per heavy atom. The molecule has 4 nitrogen and oxygen atoms in total. The van der Waals surface area contributed by atoms with Crippen molar-refractivity contribution in [3.05, 3.63) is 66.9 Å². The Balaban J connectivity index is 1.73. The molecule has 5 rings (SSSR count). The van der Waals surface area contributed by atoms with E-state index in [1.165, 1.54) is 0 Å². The molecule has 0 bridgehead atoms. The standard InChI is InChI=1S/C19H12N4/c1-2-6-14-12(5-1)9-13(11-20-14)17-10-18-19(23-17)22-16-8-4-3-7-15(16)21-18/h1-11H,(H,22,23). The summed E-state index contributed by atoms with van der Waals surface area (Å²) in [6.45, 7) is 0. The van der Waals surface area contributed by atoms with Crippen LogP contribution in [0.2, 0.25) is 0 Å². The Hall–Kier alpha value is -3.27. The number of nitrogens with zero attached hydrogens (tertiary/aromatic N) is 3. The molecule has 0 aliphatic carbocycles. The number of nitrogens with one attached hydrogen (secondary N) is 1. The van der Waals surface area contributed by atoms with Crippen LogP contribution in [0.25, 0.3) is 44.4 Å². The van der Waals surface area contributed by atoms with E-state index in [0.29, 0.717) is 0 Å². The van der Waals surface area contributed by atoms with Crippen LogP contribution in [-0.2, 0) is 0 Å². The highest BCUT2D eigenvalue weighted by atomic mass is 14.9. The van der Waals surface area contributed by atoms with Gasteiger partial charge in [-0.2, -0.15) is 0 Å². The van der Waals surface area contributed by atoms with Gasteiger partial charge in [0.2, 0.25) is 0 Å². The average molecular weight is 296 g/mol. The minimum absolute atomic E-state index is 0.798. The van der Waals surface area contributed by atoms with Gasteiger partial charge in [-0.1, -0.05) is 30.3 Å². The number of fused-ring (bicyclic) bond motifs is 3. The molecule has 3 heterocycles.